The summed E-state index contributed by atoms with van der Waals surface area (Å²) in [5.74, 6) is -1.05. The highest BCUT2D eigenvalue weighted by Gasteiger charge is 2.09. The molecule has 0 aromatic carbocycles. The lowest BCUT2D eigenvalue weighted by Gasteiger charge is -2.07. The number of halogens is 1. The third-order valence-electron chi connectivity index (χ3n) is 2.86. The van der Waals surface area contributed by atoms with Crippen LogP contribution in [0.4, 0.5) is 4.39 Å². The molecule has 0 spiro atoms. The second-order valence-corrected chi connectivity index (χ2v) is 4.38. The number of ether oxygens (including phenoxy) is 1. The summed E-state index contributed by atoms with van der Waals surface area (Å²) in [6.45, 7) is 0.121. The van der Waals surface area contributed by atoms with E-state index in [-0.39, 0.29) is 23.9 Å². The fourth-order valence-electron chi connectivity index (χ4n) is 1.72. The number of rotatable bonds is 4. The number of pyridine rings is 2. The second-order valence-electron chi connectivity index (χ2n) is 4.38. The van der Waals surface area contributed by atoms with E-state index in [1.54, 1.807) is 7.05 Å². The van der Waals surface area contributed by atoms with Gasteiger partial charge >= 0.3 is 0 Å². The van der Waals surface area contributed by atoms with Crippen molar-refractivity contribution in [2.45, 2.75) is 6.54 Å². The van der Waals surface area contributed by atoms with Gasteiger partial charge in [0.1, 0.15) is 0 Å². The van der Waals surface area contributed by atoms with E-state index in [4.69, 9.17) is 4.74 Å². The van der Waals surface area contributed by atoms with Gasteiger partial charge in [0.2, 0.25) is 11.4 Å². The number of nitrogens with one attached hydrogen (secondary N) is 1. The zero-order chi connectivity index (χ0) is 15.4. The molecule has 0 aliphatic carbocycles. The van der Waals surface area contributed by atoms with Crippen LogP contribution in [-0.4, -0.2) is 22.6 Å². The Hall–Kier alpha value is -2.70. The van der Waals surface area contributed by atoms with Gasteiger partial charge in [-0.1, -0.05) is 0 Å². The highest BCUT2D eigenvalue weighted by molar-refractivity contribution is 5.93. The molecular formula is C14H14FN3O3. The molecule has 0 aliphatic rings. The molecule has 6 nitrogen and oxygen atoms in total. The summed E-state index contributed by atoms with van der Waals surface area (Å²) in [5.41, 5.74) is 0.651. The predicted molar refractivity (Wildman–Crippen MR) is 73.6 cm³/mol. The van der Waals surface area contributed by atoms with E-state index >= 15 is 0 Å². The minimum Gasteiger partial charge on any atom is -0.479 e. The van der Waals surface area contributed by atoms with Crippen LogP contribution in [0.1, 0.15) is 15.9 Å². The van der Waals surface area contributed by atoms with Gasteiger partial charge in [0.25, 0.3) is 5.91 Å². The Morgan fingerprint density at radius 3 is 2.86 bits per heavy atom. The number of aryl methyl sites for hydroxylation is 1. The minimum absolute atomic E-state index is 0.0943. The average molecular weight is 291 g/mol. The van der Waals surface area contributed by atoms with Crippen molar-refractivity contribution in [1.29, 1.82) is 0 Å². The van der Waals surface area contributed by atoms with Crippen LogP contribution in [0.5, 0.6) is 5.88 Å². The van der Waals surface area contributed by atoms with Crippen molar-refractivity contribution < 1.29 is 13.9 Å². The van der Waals surface area contributed by atoms with E-state index in [2.05, 4.69) is 10.3 Å². The fourth-order valence-corrected chi connectivity index (χ4v) is 1.72. The fraction of sp³-hybridized carbons (Fsp3) is 0.214. The van der Waals surface area contributed by atoms with Gasteiger partial charge in [-0.2, -0.15) is 0 Å². The molecule has 1 N–H and O–H groups in total. The van der Waals surface area contributed by atoms with E-state index in [9.17, 15) is 14.0 Å². The largest absolute Gasteiger partial charge is 0.479 e. The molecule has 2 heterocycles. The monoisotopic (exact) mass is 291 g/mol. The van der Waals surface area contributed by atoms with Gasteiger partial charge in [-0.15, -0.1) is 0 Å². The molecule has 21 heavy (non-hydrogen) atoms. The first kappa shape index (κ1) is 14.7. The summed E-state index contributed by atoms with van der Waals surface area (Å²) in [6.07, 6.45) is 2.85. The summed E-state index contributed by atoms with van der Waals surface area (Å²) in [7, 11) is 2.88. The summed E-state index contributed by atoms with van der Waals surface area (Å²) >= 11 is 0. The van der Waals surface area contributed by atoms with Gasteiger partial charge in [0.05, 0.1) is 12.7 Å². The van der Waals surface area contributed by atoms with Gasteiger partial charge in [-0.3, -0.25) is 9.59 Å². The Morgan fingerprint density at radius 2 is 2.24 bits per heavy atom. The molecular weight excluding hydrogens is 277 g/mol. The maximum Gasteiger partial charge on any atom is 0.253 e. The molecule has 1 amide bonds. The first-order chi connectivity index (χ1) is 10.0. The van der Waals surface area contributed by atoms with Gasteiger partial charge < -0.3 is 14.6 Å². The number of hydrogen-bond acceptors (Lipinski definition) is 4. The van der Waals surface area contributed by atoms with Crippen LogP contribution in [0, 0.1) is 5.82 Å². The first-order valence-corrected chi connectivity index (χ1v) is 6.14. The van der Waals surface area contributed by atoms with E-state index in [0.29, 0.717) is 11.1 Å². The normalized spacial score (nSPS) is 10.2. The molecule has 0 radical (unpaired) electrons. The molecule has 2 aromatic heterocycles. The van der Waals surface area contributed by atoms with Crippen molar-refractivity contribution in [3.63, 3.8) is 0 Å². The maximum atomic E-state index is 13.5. The van der Waals surface area contributed by atoms with Crippen molar-refractivity contribution in [2.24, 2.45) is 7.05 Å². The molecule has 2 rings (SSSR count). The van der Waals surface area contributed by atoms with Crippen LogP contribution in [0.15, 0.2) is 35.4 Å². The summed E-state index contributed by atoms with van der Waals surface area (Å²) in [4.78, 5) is 26.9. The van der Waals surface area contributed by atoms with Gasteiger partial charge in [-0.05, 0) is 17.7 Å². The molecule has 0 fully saturated rings. The Labute approximate surface area is 120 Å². The van der Waals surface area contributed by atoms with E-state index in [0.717, 1.165) is 0 Å². The SMILES string of the molecule is COc1ncc(CNC(=O)c2ccc(=O)n(C)c2)cc1F. The number of carbonyl (C=O) groups excluding carboxylic acids is 1. The number of amides is 1. The van der Waals surface area contributed by atoms with Crippen molar-refractivity contribution >= 4 is 5.91 Å². The molecule has 0 saturated carbocycles. The number of aromatic nitrogens is 2. The van der Waals surface area contributed by atoms with Crippen LogP contribution < -0.4 is 15.6 Å². The molecule has 0 aliphatic heterocycles. The van der Waals surface area contributed by atoms with Crippen LogP contribution >= 0.6 is 0 Å². The van der Waals surface area contributed by atoms with Gasteiger partial charge in [0, 0.05) is 32.1 Å². The Kier molecular flexibility index (Phi) is 4.32. The number of hydrogen-bond donors (Lipinski definition) is 1. The number of nitrogens with zero attached hydrogens (tertiary/aromatic N) is 2. The lowest BCUT2D eigenvalue weighted by atomic mass is 10.2. The van der Waals surface area contributed by atoms with Crippen LogP contribution in [0.25, 0.3) is 0 Å². The standard InChI is InChI=1S/C14H14FN3O3/c1-18-8-10(3-4-12(18)19)13(20)16-6-9-5-11(15)14(21-2)17-7-9/h3-5,7-8H,6H2,1-2H3,(H,16,20). The Morgan fingerprint density at radius 1 is 1.48 bits per heavy atom. The minimum atomic E-state index is -0.591. The molecule has 0 bridgehead atoms. The smallest absolute Gasteiger partial charge is 0.253 e. The zero-order valence-corrected chi connectivity index (χ0v) is 11.6. The average Bonchev–Trinajstić information content (AvgIpc) is 2.47. The highest BCUT2D eigenvalue weighted by atomic mass is 19.1. The first-order valence-electron chi connectivity index (χ1n) is 6.14. The van der Waals surface area contributed by atoms with Crippen molar-refractivity contribution in [3.05, 3.63) is 57.9 Å². The van der Waals surface area contributed by atoms with E-state index < -0.39 is 5.82 Å². The lowest BCUT2D eigenvalue weighted by Crippen LogP contribution is -2.25. The summed E-state index contributed by atoms with van der Waals surface area (Å²) < 4.78 is 19.5. The Bertz CT molecular complexity index is 728. The molecule has 2 aromatic rings. The molecule has 7 heteroatoms. The maximum absolute atomic E-state index is 13.5. The van der Waals surface area contributed by atoms with Gasteiger partial charge in [-0.25, -0.2) is 9.37 Å². The van der Waals surface area contributed by atoms with Crippen LogP contribution in [0.3, 0.4) is 0 Å². The van der Waals surface area contributed by atoms with E-state index in [1.165, 1.54) is 42.3 Å². The Balaban J connectivity index is 2.05. The molecule has 0 unspecified atom stereocenters. The summed E-state index contributed by atoms with van der Waals surface area (Å²) in [5, 5.41) is 2.62. The van der Waals surface area contributed by atoms with Gasteiger partial charge in [0.15, 0.2) is 5.82 Å². The third kappa shape index (κ3) is 3.44. The topological polar surface area (TPSA) is 73.2 Å². The van der Waals surface area contributed by atoms with Crippen LogP contribution in [0.2, 0.25) is 0 Å². The molecule has 110 valence electrons. The molecule has 0 saturated heterocycles. The second kappa shape index (κ2) is 6.17. The quantitative estimate of drug-likeness (QED) is 0.906. The highest BCUT2D eigenvalue weighted by Crippen LogP contribution is 2.13. The van der Waals surface area contributed by atoms with Crippen molar-refractivity contribution in [3.8, 4) is 5.88 Å². The predicted octanol–water partition coefficient (Wildman–Crippen LogP) is 0.858. The lowest BCUT2D eigenvalue weighted by molar-refractivity contribution is 0.0950. The van der Waals surface area contributed by atoms with E-state index in [1.807, 2.05) is 0 Å². The third-order valence-corrected chi connectivity index (χ3v) is 2.86. The van der Waals surface area contributed by atoms with Crippen molar-refractivity contribution in [1.82, 2.24) is 14.9 Å². The van der Waals surface area contributed by atoms with Crippen molar-refractivity contribution in [2.75, 3.05) is 7.11 Å². The van der Waals surface area contributed by atoms with Crippen LogP contribution in [-0.2, 0) is 13.6 Å². The number of methoxy groups -OCH3 is 1. The summed E-state index contributed by atoms with van der Waals surface area (Å²) in [6, 6.07) is 3.99. The zero-order valence-electron chi connectivity index (χ0n) is 11.6. The number of carbonyl (C=O) groups is 1. The molecule has 0 atom stereocenters.